The molecular weight excluding hydrogens is 314 g/mol. The topological polar surface area (TPSA) is 46.2 Å². The predicted octanol–water partition coefficient (Wildman–Crippen LogP) is 3.35. The molecule has 0 heterocycles. The molecule has 0 saturated carbocycles. The van der Waals surface area contributed by atoms with E-state index in [0.29, 0.717) is 0 Å². The highest BCUT2D eigenvalue weighted by Gasteiger charge is 2.28. The van der Waals surface area contributed by atoms with E-state index in [-0.39, 0.29) is 16.7 Å². The number of carbonyl (C=O) groups is 2. The summed E-state index contributed by atoms with van der Waals surface area (Å²) < 4.78 is 49.4. The highest BCUT2D eigenvalue weighted by molar-refractivity contribution is 6.15. The lowest BCUT2D eigenvalue weighted by atomic mass is 9.98. The maximum atomic E-state index is 12.9. The maximum absolute atomic E-state index is 12.9. The van der Waals surface area contributed by atoms with Gasteiger partial charge in [-0.2, -0.15) is 13.2 Å². The van der Waals surface area contributed by atoms with Gasteiger partial charge in [0.05, 0.1) is 5.56 Å². The summed E-state index contributed by atoms with van der Waals surface area (Å²) in [6.07, 6.45) is -4.55. The highest BCUT2D eigenvalue weighted by atomic mass is 19.4. The Balaban J connectivity index is 2.28. The maximum Gasteiger partial charge on any atom is 0.405 e. The Labute approximate surface area is 128 Å². The summed E-state index contributed by atoms with van der Waals surface area (Å²) >= 11 is 0. The van der Waals surface area contributed by atoms with Gasteiger partial charge in [0, 0.05) is 11.1 Å². The zero-order valence-electron chi connectivity index (χ0n) is 11.7. The Hall–Kier alpha value is -2.70. The van der Waals surface area contributed by atoms with Gasteiger partial charge >= 0.3 is 6.18 Å². The Morgan fingerprint density at radius 3 is 2.04 bits per heavy atom. The first-order valence-corrected chi connectivity index (χ1v) is 6.52. The summed E-state index contributed by atoms with van der Waals surface area (Å²) in [4.78, 5) is 24.2. The van der Waals surface area contributed by atoms with Gasteiger partial charge < -0.3 is 5.32 Å². The molecule has 0 atom stereocenters. The fourth-order valence-electron chi connectivity index (χ4n) is 1.91. The number of ketones is 1. The van der Waals surface area contributed by atoms with E-state index in [2.05, 4.69) is 0 Å². The average molecular weight is 325 g/mol. The van der Waals surface area contributed by atoms with Gasteiger partial charge in [-0.05, 0) is 30.3 Å². The molecule has 2 aromatic rings. The number of alkyl halides is 3. The van der Waals surface area contributed by atoms with Crippen LogP contribution in [0.1, 0.15) is 26.3 Å². The van der Waals surface area contributed by atoms with Crippen LogP contribution >= 0.6 is 0 Å². The number of benzene rings is 2. The number of halogens is 4. The minimum atomic E-state index is -4.55. The fourth-order valence-corrected chi connectivity index (χ4v) is 1.91. The number of rotatable bonds is 4. The van der Waals surface area contributed by atoms with Crippen LogP contribution in [0, 0.1) is 5.82 Å². The van der Waals surface area contributed by atoms with Gasteiger partial charge in [-0.15, -0.1) is 0 Å². The van der Waals surface area contributed by atoms with Crippen molar-refractivity contribution in [3.05, 3.63) is 71.0 Å². The quantitative estimate of drug-likeness (QED) is 0.692. The van der Waals surface area contributed by atoms with Crippen LogP contribution in [0.4, 0.5) is 17.6 Å². The van der Waals surface area contributed by atoms with E-state index < -0.39 is 30.2 Å². The van der Waals surface area contributed by atoms with Crippen molar-refractivity contribution in [1.29, 1.82) is 0 Å². The van der Waals surface area contributed by atoms with Crippen molar-refractivity contribution in [2.45, 2.75) is 6.18 Å². The molecule has 1 N–H and O–H groups in total. The van der Waals surface area contributed by atoms with E-state index in [1.807, 2.05) is 0 Å². The Bertz CT molecular complexity index is 724. The first-order valence-electron chi connectivity index (χ1n) is 6.52. The molecule has 120 valence electrons. The van der Waals surface area contributed by atoms with Crippen molar-refractivity contribution in [3.8, 4) is 0 Å². The molecule has 2 aromatic carbocycles. The normalized spacial score (nSPS) is 11.1. The van der Waals surface area contributed by atoms with Crippen LogP contribution in [0.2, 0.25) is 0 Å². The van der Waals surface area contributed by atoms with Gasteiger partial charge in [0.15, 0.2) is 5.78 Å². The summed E-state index contributed by atoms with van der Waals surface area (Å²) in [6.45, 7) is -1.50. The SMILES string of the molecule is O=C(NCC(F)(F)F)c1ccccc1C(=O)c1ccc(F)cc1. The van der Waals surface area contributed by atoms with Gasteiger partial charge in [0.2, 0.25) is 0 Å². The van der Waals surface area contributed by atoms with Gasteiger partial charge in [0.25, 0.3) is 5.91 Å². The molecule has 2 rings (SSSR count). The highest BCUT2D eigenvalue weighted by Crippen LogP contribution is 2.17. The summed E-state index contributed by atoms with van der Waals surface area (Å²) in [7, 11) is 0. The van der Waals surface area contributed by atoms with Gasteiger partial charge in [-0.3, -0.25) is 9.59 Å². The van der Waals surface area contributed by atoms with E-state index in [9.17, 15) is 27.2 Å². The number of hydrogen-bond donors (Lipinski definition) is 1. The zero-order valence-corrected chi connectivity index (χ0v) is 11.7. The third-order valence-corrected chi connectivity index (χ3v) is 2.97. The van der Waals surface area contributed by atoms with Crippen molar-refractivity contribution in [3.63, 3.8) is 0 Å². The van der Waals surface area contributed by atoms with Crippen LogP contribution < -0.4 is 5.32 Å². The van der Waals surface area contributed by atoms with Crippen molar-refractivity contribution in [2.75, 3.05) is 6.54 Å². The first-order chi connectivity index (χ1) is 10.8. The lowest BCUT2D eigenvalue weighted by Gasteiger charge is -2.11. The summed E-state index contributed by atoms with van der Waals surface area (Å²) in [5, 5.41) is 1.72. The van der Waals surface area contributed by atoms with Crippen molar-refractivity contribution in [2.24, 2.45) is 0 Å². The molecule has 1 amide bonds. The van der Waals surface area contributed by atoms with Crippen molar-refractivity contribution in [1.82, 2.24) is 5.32 Å². The van der Waals surface area contributed by atoms with Crippen molar-refractivity contribution >= 4 is 11.7 Å². The average Bonchev–Trinajstić information content (AvgIpc) is 2.52. The summed E-state index contributed by atoms with van der Waals surface area (Å²) in [6, 6.07) is 10.1. The van der Waals surface area contributed by atoms with Crippen LogP contribution in [-0.2, 0) is 0 Å². The molecule has 0 saturated heterocycles. The van der Waals surface area contributed by atoms with Crippen LogP contribution in [0.15, 0.2) is 48.5 Å². The number of nitrogens with one attached hydrogen (secondary N) is 1. The largest absolute Gasteiger partial charge is 0.405 e. The molecular formula is C16H11F4NO2. The second-order valence-corrected chi connectivity index (χ2v) is 4.68. The Kier molecular flexibility index (Phi) is 4.78. The summed E-state index contributed by atoms with van der Waals surface area (Å²) in [5.41, 5.74) is -0.104. The molecule has 0 radical (unpaired) electrons. The van der Waals surface area contributed by atoms with Crippen molar-refractivity contribution < 1.29 is 27.2 Å². The molecule has 0 bridgehead atoms. The number of amides is 1. The fraction of sp³-hybridized carbons (Fsp3) is 0.125. The Morgan fingerprint density at radius 1 is 0.913 bits per heavy atom. The Morgan fingerprint density at radius 2 is 1.48 bits per heavy atom. The lowest BCUT2D eigenvalue weighted by Crippen LogP contribution is -2.34. The van der Waals surface area contributed by atoms with E-state index in [1.165, 1.54) is 36.4 Å². The molecule has 0 spiro atoms. The monoisotopic (exact) mass is 325 g/mol. The number of carbonyl (C=O) groups excluding carboxylic acids is 2. The minimum Gasteiger partial charge on any atom is -0.343 e. The predicted molar refractivity (Wildman–Crippen MR) is 74.7 cm³/mol. The number of hydrogen-bond acceptors (Lipinski definition) is 2. The van der Waals surface area contributed by atoms with E-state index in [1.54, 1.807) is 5.32 Å². The molecule has 0 aliphatic heterocycles. The molecule has 0 aromatic heterocycles. The third-order valence-electron chi connectivity index (χ3n) is 2.97. The van der Waals surface area contributed by atoms with Gasteiger partial charge in [-0.25, -0.2) is 4.39 Å². The lowest BCUT2D eigenvalue weighted by molar-refractivity contribution is -0.123. The molecule has 0 aliphatic rings. The second-order valence-electron chi connectivity index (χ2n) is 4.68. The molecule has 0 fully saturated rings. The van der Waals surface area contributed by atoms with Gasteiger partial charge in [-0.1, -0.05) is 18.2 Å². The van der Waals surface area contributed by atoms with E-state index in [0.717, 1.165) is 12.1 Å². The van der Waals surface area contributed by atoms with Gasteiger partial charge in [0.1, 0.15) is 12.4 Å². The first kappa shape index (κ1) is 16.7. The van der Waals surface area contributed by atoms with Crippen LogP contribution in [0.3, 0.4) is 0 Å². The molecule has 3 nitrogen and oxygen atoms in total. The molecule has 0 unspecified atom stereocenters. The van der Waals surface area contributed by atoms with E-state index in [4.69, 9.17) is 0 Å². The molecule has 7 heteroatoms. The smallest absolute Gasteiger partial charge is 0.343 e. The third kappa shape index (κ3) is 4.38. The van der Waals surface area contributed by atoms with Crippen LogP contribution in [0.25, 0.3) is 0 Å². The zero-order chi connectivity index (χ0) is 17.0. The molecule has 23 heavy (non-hydrogen) atoms. The molecule has 0 aliphatic carbocycles. The van der Waals surface area contributed by atoms with Crippen LogP contribution in [0.5, 0.6) is 0 Å². The minimum absolute atomic E-state index is 0.0567. The standard InChI is InChI=1S/C16H11F4NO2/c17-11-7-5-10(6-8-11)14(22)12-3-1-2-4-13(12)15(23)21-9-16(18,19)20/h1-8H,9H2,(H,21,23). The summed E-state index contributed by atoms with van der Waals surface area (Å²) in [5.74, 6) is -2.12. The van der Waals surface area contributed by atoms with Crippen LogP contribution in [-0.4, -0.2) is 24.4 Å². The van der Waals surface area contributed by atoms with E-state index >= 15 is 0 Å². The second kappa shape index (κ2) is 6.60.